The van der Waals surface area contributed by atoms with Gasteiger partial charge in [0.1, 0.15) is 11.6 Å². The molecule has 0 amide bonds. The maximum Gasteiger partial charge on any atom is 0.144 e. The van der Waals surface area contributed by atoms with Crippen LogP contribution in [0.2, 0.25) is 5.02 Å². The average Bonchev–Trinajstić information content (AvgIpc) is 3.07. The second-order valence-corrected chi connectivity index (χ2v) is 6.38. The standard InChI is InChI=1S/C21H15ClFN3/c22-17-5-9-20(10-6-17)26-14-19(12-15-2-1-11-24-13-15)25-21(26)16-3-7-18(23)8-4-16/h1-11,13-14H,12H2. The fourth-order valence-electron chi connectivity index (χ4n) is 2.83. The summed E-state index contributed by atoms with van der Waals surface area (Å²) in [5.41, 5.74) is 3.78. The minimum absolute atomic E-state index is 0.270. The molecule has 26 heavy (non-hydrogen) atoms. The Morgan fingerprint density at radius 3 is 2.42 bits per heavy atom. The molecule has 0 bridgehead atoms. The first-order valence-corrected chi connectivity index (χ1v) is 8.56. The predicted octanol–water partition coefficient (Wildman–Crippen LogP) is 5.32. The van der Waals surface area contributed by atoms with Gasteiger partial charge in [-0.15, -0.1) is 0 Å². The number of benzene rings is 2. The molecule has 0 unspecified atom stereocenters. The molecule has 0 saturated carbocycles. The highest BCUT2D eigenvalue weighted by Gasteiger charge is 2.12. The maximum atomic E-state index is 13.3. The Morgan fingerprint density at radius 1 is 0.962 bits per heavy atom. The lowest BCUT2D eigenvalue weighted by molar-refractivity contribution is 0.628. The van der Waals surface area contributed by atoms with Gasteiger partial charge in [-0.2, -0.15) is 0 Å². The van der Waals surface area contributed by atoms with Gasteiger partial charge in [-0.1, -0.05) is 17.7 Å². The Morgan fingerprint density at radius 2 is 1.73 bits per heavy atom. The summed E-state index contributed by atoms with van der Waals surface area (Å²) in [5, 5.41) is 0.674. The number of rotatable bonds is 4. The lowest BCUT2D eigenvalue weighted by atomic mass is 10.2. The molecule has 4 rings (SSSR count). The van der Waals surface area contributed by atoms with Crippen molar-refractivity contribution in [2.45, 2.75) is 6.42 Å². The molecule has 2 aromatic carbocycles. The van der Waals surface area contributed by atoms with Gasteiger partial charge in [0, 0.05) is 41.3 Å². The van der Waals surface area contributed by atoms with Crippen LogP contribution in [-0.2, 0) is 6.42 Å². The van der Waals surface area contributed by atoms with Crippen LogP contribution in [0.4, 0.5) is 4.39 Å². The van der Waals surface area contributed by atoms with Gasteiger partial charge in [-0.25, -0.2) is 9.37 Å². The van der Waals surface area contributed by atoms with Crippen molar-refractivity contribution in [2.24, 2.45) is 0 Å². The first-order chi connectivity index (χ1) is 12.7. The van der Waals surface area contributed by atoms with Crippen LogP contribution in [0.15, 0.2) is 79.3 Å². The Bertz CT molecular complexity index is 947. The molecule has 0 spiro atoms. The Labute approximate surface area is 155 Å². The minimum atomic E-state index is -0.270. The monoisotopic (exact) mass is 363 g/mol. The molecule has 2 heterocycles. The molecular weight excluding hydrogens is 349 g/mol. The van der Waals surface area contributed by atoms with E-state index in [4.69, 9.17) is 16.6 Å². The zero-order chi connectivity index (χ0) is 17.9. The van der Waals surface area contributed by atoms with E-state index < -0.39 is 0 Å². The largest absolute Gasteiger partial charge is 0.300 e. The highest BCUT2D eigenvalue weighted by Crippen LogP contribution is 2.25. The van der Waals surface area contributed by atoms with Crippen LogP contribution in [0.5, 0.6) is 0 Å². The third-order valence-corrected chi connectivity index (χ3v) is 4.32. The molecule has 0 radical (unpaired) electrons. The van der Waals surface area contributed by atoms with E-state index >= 15 is 0 Å². The maximum absolute atomic E-state index is 13.3. The van der Waals surface area contributed by atoms with Crippen LogP contribution < -0.4 is 0 Å². The van der Waals surface area contributed by atoms with Crippen LogP contribution in [-0.4, -0.2) is 14.5 Å². The summed E-state index contributed by atoms with van der Waals surface area (Å²) < 4.78 is 15.3. The molecule has 4 aromatic rings. The molecular formula is C21H15ClFN3. The predicted molar refractivity (Wildman–Crippen MR) is 101 cm³/mol. The van der Waals surface area contributed by atoms with Crippen molar-refractivity contribution >= 4 is 11.6 Å². The Balaban J connectivity index is 1.79. The number of pyridine rings is 1. The normalized spacial score (nSPS) is 10.8. The van der Waals surface area contributed by atoms with E-state index in [2.05, 4.69) is 4.98 Å². The topological polar surface area (TPSA) is 30.7 Å². The number of nitrogens with zero attached hydrogens (tertiary/aromatic N) is 3. The van der Waals surface area contributed by atoms with Crippen molar-refractivity contribution in [1.82, 2.24) is 14.5 Å². The van der Waals surface area contributed by atoms with Gasteiger partial charge in [-0.05, 0) is 60.2 Å². The van der Waals surface area contributed by atoms with Crippen molar-refractivity contribution in [2.75, 3.05) is 0 Å². The van der Waals surface area contributed by atoms with E-state index in [1.165, 1.54) is 12.1 Å². The van der Waals surface area contributed by atoms with Crippen molar-refractivity contribution in [3.63, 3.8) is 0 Å². The summed E-state index contributed by atoms with van der Waals surface area (Å²) in [6.45, 7) is 0. The van der Waals surface area contributed by atoms with Crippen LogP contribution in [0, 0.1) is 5.82 Å². The molecule has 3 nitrogen and oxygen atoms in total. The van der Waals surface area contributed by atoms with Crippen molar-refractivity contribution < 1.29 is 4.39 Å². The van der Waals surface area contributed by atoms with Crippen LogP contribution in [0.1, 0.15) is 11.3 Å². The molecule has 128 valence electrons. The highest BCUT2D eigenvalue weighted by molar-refractivity contribution is 6.30. The van der Waals surface area contributed by atoms with Gasteiger partial charge in [0.2, 0.25) is 0 Å². The van der Waals surface area contributed by atoms with Gasteiger partial charge in [0.05, 0.1) is 5.69 Å². The van der Waals surface area contributed by atoms with Gasteiger partial charge in [0.25, 0.3) is 0 Å². The van der Waals surface area contributed by atoms with E-state index in [1.54, 1.807) is 18.3 Å². The number of halogens is 2. The first kappa shape index (κ1) is 16.5. The summed E-state index contributed by atoms with van der Waals surface area (Å²) in [7, 11) is 0. The molecule has 0 aliphatic carbocycles. The van der Waals surface area contributed by atoms with E-state index in [-0.39, 0.29) is 5.82 Å². The fourth-order valence-corrected chi connectivity index (χ4v) is 2.95. The summed E-state index contributed by atoms with van der Waals surface area (Å²) in [6.07, 6.45) is 6.25. The van der Waals surface area contributed by atoms with Gasteiger partial charge in [0.15, 0.2) is 0 Å². The Hall–Kier alpha value is -2.98. The van der Waals surface area contributed by atoms with Crippen LogP contribution in [0.25, 0.3) is 17.1 Å². The minimum Gasteiger partial charge on any atom is -0.300 e. The quantitative estimate of drug-likeness (QED) is 0.491. The van der Waals surface area contributed by atoms with Gasteiger partial charge < -0.3 is 0 Å². The summed E-state index contributed by atoms with van der Waals surface area (Å²) >= 11 is 6.01. The van der Waals surface area contributed by atoms with E-state index in [1.807, 2.05) is 53.4 Å². The SMILES string of the molecule is Fc1ccc(-c2nc(Cc3cccnc3)cn2-c2ccc(Cl)cc2)cc1. The second-order valence-electron chi connectivity index (χ2n) is 5.95. The van der Waals surface area contributed by atoms with E-state index in [9.17, 15) is 4.39 Å². The zero-order valence-electron chi connectivity index (χ0n) is 13.8. The van der Waals surface area contributed by atoms with Crippen LogP contribution in [0.3, 0.4) is 0 Å². The van der Waals surface area contributed by atoms with Crippen molar-refractivity contribution in [1.29, 1.82) is 0 Å². The zero-order valence-corrected chi connectivity index (χ0v) is 14.6. The molecule has 0 aliphatic rings. The number of imidazole rings is 1. The summed E-state index contributed by atoms with van der Waals surface area (Å²) in [5.74, 6) is 0.486. The van der Waals surface area contributed by atoms with Crippen molar-refractivity contribution in [3.05, 3.63) is 101 Å². The highest BCUT2D eigenvalue weighted by atomic mass is 35.5. The van der Waals surface area contributed by atoms with Gasteiger partial charge >= 0.3 is 0 Å². The third kappa shape index (κ3) is 3.51. The molecule has 0 saturated heterocycles. The smallest absolute Gasteiger partial charge is 0.144 e. The lowest BCUT2D eigenvalue weighted by Crippen LogP contribution is -1.96. The third-order valence-electron chi connectivity index (χ3n) is 4.07. The molecule has 5 heteroatoms. The molecule has 0 atom stereocenters. The van der Waals surface area contributed by atoms with E-state index in [0.29, 0.717) is 11.4 Å². The van der Waals surface area contributed by atoms with Crippen LogP contribution >= 0.6 is 11.6 Å². The lowest BCUT2D eigenvalue weighted by Gasteiger charge is -2.08. The molecule has 0 fully saturated rings. The second kappa shape index (κ2) is 7.10. The Kier molecular flexibility index (Phi) is 4.50. The molecule has 2 aromatic heterocycles. The molecule has 0 N–H and O–H groups in total. The average molecular weight is 364 g/mol. The fraction of sp³-hybridized carbons (Fsp3) is 0.0476. The summed E-state index contributed by atoms with van der Waals surface area (Å²) in [6, 6.07) is 17.8. The first-order valence-electron chi connectivity index (χ1n) is 8.18. The number of aromatic nitrogens is 3. The number of hydrogen-bond donors (Lipinski definition) is 0. The number of hydrogen-bond acceptors (Lipinski definition) is 2. The summed E-state index contributed by atoms with van der Waals surface area (Å²) in [4.78, 5) is 8.94. The van der Waals surface area contributed by atoms with E-state index in [0.717, 1.165) is 28.3 Å². The van der Waals surface area contributed by atoms with Gasteiger partial charge in [-0.3, -0.25) is 9.55 Å². The van der Waals surface area contributed by atoms with Crippen molar-refractivity contribution in [3.8, 4) is 17.1 Å². The molecule has 0 aliphatic heterocycles.